The molecule has 1 amide bonds. The van der Waals surface area contributed by atoms with Gasteiger partial charge in [-0.05, 0) is 19.3 Å². The first-order valence-corrected chi connectivity index (χ1v) is 5.45. The highest BCUT2D eigenvalue weighted by molar-refractivity contribution is 6.00. The fourth-order valence-corrected chi connectivity index (χ4v) is 1.78. The molecule has 0 bridgehead atoms. The number of hydrogen-bond donors (Lipinski definition) is 4. The van der Waals surface area contributed by atoms with Crippen LogP contribution in [0.2, 0.25) is 0 Å². The quantitative estimate of drug-likeness (QED) is 0.336. The van der Waals surface area contributed by atoms with E-state index in [1.165, 1.54) is 0 Å². The van der Waals surface area contributed by atoms with Crippen molar-refractivity contribution in [2.75, 3.05) is 7.11 Å². The van der Waals surface area contributed by atoms with E-state index in [-0.39, 0.29) is 0 Å². The number of aliphatic hydroxyl groups excluding tert-OH is 2. The molecule has 0 radical (unpaired) electrons. The Balaban J connectivity index is 0.000000771. The summed E-state index contributed by atoms with van der Waals surface area (Å²) in [6, 6.07) is 0. The van der Waals surface area contributed by atoms with Gasteiger partial charge in [0.25, 0.3) is 0 Å². The van der Waals surface area contributed by atoms with E-state index in [1.54, 1.807) is 0 Å². The van der Waals surface area contributed by atoms with Crippen LogP contribution in [0.25, 0.3) is 0 Å². The van der Waals surface area contributed by atoms with Gasteiger partial charge in [0.1, 0.15) is 6.29 Å². The van der Waals surface area contributed by atoms with Crippen LogP contribution in [0.5, 0.6) is 0 Å². The van der Waals surface area contributed by atoms with Crippen molar-refractivity contribution in [2.45, 2.75) is 31.0 Å². The average molecular weight is 260 g/mol. The van der Waals surface area contributed by atoms with Crippen LogP contribution in [-0.2, 0) is 19.2 Å². The number of aliphatic hydroxyl groups is 2. The Morgan fingerprint density at radius 2 is 2.17 bits per heavy atom. The second kappa shape index (κ2) is 5.89. The molecule has 1 saturated heterocycles. The molecule has 1 saturated carbocycles. The van der Waals surface area contributed by atoms with Crippen LogP contribution >= 0.6 is 0 Å². The van der Waals surface area contributed by atoms with Crippen LogP contribution in [-0.4, -0.2) is 47.3 Å². The summed E-state index contributed by atoms with van der Waals surface area (Å²) in [7, 11) is 1.00. The molecule has 8 nitrogen and oxygen atoms in total. The Morgan fingerprint density at radius 1 is 1.56 bits per heavy atom. The third-order valence-corrected chi connectivity index (χ3v) is 2.98. The molecule has 0 spiro atoms. The lowest BCUT2D eigenvalue weighted by atomic mass is 9.77. The van der Waals surface area contributed by atoms with Crippen molar-refractivity contribution in [2.24, 2.45) is 5.92 Å². The van der Waals surface area contributed by atoms with Crippen molar-refractivity contribution in [1.82, 2.24) is 10.8 Å². The van der Waals surface area contributed by atoms with Crippen LogP contribution < -0.4 is 10.8 Å². The molecule has 102 valence electrons. The maximum Gasteiger partial charge on any atom is 0.341 e. The van der Waals surface area contributed by atoms with E-state index in [0.29, 0.717) is 19.1 Å². The number of nitrogens with one attached hydrogen (secondary N) is 2. The Kier molecular flexibility index (Phi) is 4.76. The molecule has 0 aromatic heterocycles. The highest BCUT2D eigenvalue weighted by Crippen LogP contribution is 2.30. The highest BCUT2D eigenvalue weighted by Gasteiger charge is 2.46. The Labute approximate surface area is 103 Å². The smallest absolute Gasteiger partial charge is 0.341 e. The molecule has 2 rings (SSSR count). The summed E-state index contributed by atoms with van der Waals surface area (Å²) in [4.78, 5) is 37.9. The first-order valence-electron chi connectivity index (χ1n) is 5.45. The standard InChI is InChI=1S/C9H12N2O5.CH4O/c12-4-9(2-1-3-9)10-6(13)5-7(14)11-16-8(5)15;1-2/h4-5,7,11,14H,1-3H2,(H,10,13);2H,1H3. The van der Waals surface area contributed by atoms with E-state index in [4.69, 9.17) is 5.11 Å². The predicted molar refractivity (Wildman–Crippen MR) is 57.7 cm³/mol. The number of carbonyl (C=O) groups is 3. The molecule has 2 aliphatic rings. The monoisotopic (exact) mass is 260 g/mol. The van der Waals surface area contributed by atoms with Crippen LogP contribution in [0, 0.1) is 5.92 Å². The van der Waals surface area contributed by atoms with E-state index in [2.05, 4.69) is 10.2 Å². The molecular weight excluding hydrogens is 244 g/mol. The zero-order valence-electron chi connectivity index (χ0n) is 9.88. The molecule has 1 aliphatic heterocycles. The summed E-state index contributed by atoms with van der Waals surface area (Å²) in [5.74, 6) is -2.84. The van der Waals surface area contributed by atoms with Gasteiger partial charge in [0, 0.05) is 7.11 Å². The Hall–Kier alpha value is -1.51. The normalized spacial score (nSPS) is 28.3. The second-order valence-electron chi connectivity index (χ2n) is 4.08. The van der Waals surface area contributed by atoms with E-state index >= 15 is 0 Å². The number of hydroxylamine groups is 1. The summed E-state index contributed by atoms with van der Waals surface area (Å²) in [6.45, 7) is 0. The fourth-order valence-electron chi connectivity index (χ4n) is 1.78. The number of hydrogen-bond acceptors (Lipinski definition) is 7. The molecule has 8 heteroatoms. The van der Waals surface area contributed by atoms with Crippen molar-refractivity contribution in [3.8, 4) is 0 Å². The van der Waals surface area contributed by atoms with Crippen LogP contribution in [0.15, 0.2) is 0 Å². The van der Waals surface area contributed by atoms with Crippen molar-refractivity contribution < 1.29 is 29.4 Å². The minimum atomic E-state index is -1.36. The van der Waals surface area contributed by atoms with E-state index in [1.807, 2.05) is 5.48 Å². The summed E-state index contributed by atoms with van der Waals surface area (Å²) >= 11 is 0. The fraction of sp³-hybridized carbons (Fsp3) is 0.700. The summed E-state index contributed by atoms with van der Waals surface area (Å²) in [5.41, 5.74) is 1.14. The van der Waals surface area contributed by atoms with Gasteiger partial charge in [-0.25, -0.2) is 4.79 Å². The van der Waals surface area contributed by atoms with Crippen LogP contribution in [0.4, 0.5) is 0 Å². The zero-order valence-corrected chi connectivity index (χ0v) is 9.88. The average Bonchev–Trinajstić information content (AvgIpc) is 2.66. The lowest BCUT2D eigenvalue weighted by Gasteiger charge is -2.37. The van der Waals surface area contributed by atoms with Gasteiger partial charge < -0.3 is 25.2 Å². The van der Waals surface area contributed by atoms with Crippen LogP contribution in [0.1, 0.15) is 19.3 Å². The Bertz CT molecular complexity index is 341. The molecule has 0 aromatic carbocycles. The van der Waals surface area contributed by atoms with Crippen molar-refractivity contribution in [3.05, 3.63) is 0 Å². The number of carbonyl (C=O) groups excluding carboxylic acids is 3. The second-order valence-corrected chi connectivity index (χ2v) is 4.08. The molecule has 1 aliphatic carbocycles. The van der Waals surface area contributed by atoms with Gasteiger partial charge >= 0.3 is 5.97 Å². The number of rotatable bonds is 3. The molecular formula is C10H16N2O6. The number of amides is 1. The van der Waals surface area contributed by atoms with Crippen molar-refractivity contribution in [1.29, 1.82) is 0 Å². The Morgan fingerprint density at radius 3 is 2.50 bits per heavy atom. The van der Waals surface area contributed by atoms with Crippen LogP contribution in [0.3, 0.4) is 0 Å². The largest absolute Gasteiger partial charge is 0.400 e. The van der Waals surface area contributed by atoms with Gasteiger partial charge in [-0.3, -0.25) is 4.79 Å². The summed E-state index contributed by atoms with van der Waals surface area (Å²) in [5, 5.41) is 18.8. The third kappa shape index (κ3) is 2.66. The SMILES string of the molecule is CO.O=CC1(NC(=O)C2C(=O)ONC2O)CCC1. The predicted octanol–water partition coefficient (Wildman–Crippen LogP) is -2.17. The molecule has 2 fully saturated rings. The molecule has 18 heavy (non-hydrogen) atoms. The summed E-state index contributed by atoms with van der Waals surface area (Å²) in [6.07, 6.45) is 1.29. The van der Waals surface area contributed by atoms with Crippen molar-refractivity contribution >= 4 is 18.2 Å². The maximum absolute atomic E-state index is 11.7. The third-order valence-electron chi connectivity index (χ3n) is 2.98. The first-order chi connectivity index (χ1) is 8.58. The van der Waals surface area contributed by atoms with Gasteiger partial charge in [-0.15, -0.1) is 5.48 Å². The molecule has 2 unspecified atom stereocenters. The van der Waals surface area contributed by atoms with Gasteiger partial charge in [0.15, 0.2) is 12.1 Å². The lowest BCUT2D eigenvalue weighted by molar-refractivity contribution is -0.149. The molecule has 4 N–H and O–H groups in total. The zero-order chi connectivity index (χ0) is 13.8. The molecule has 2 atom stereocenters. The van der Waals surface area contributed by atoms with E-state index in [0.717, 1.165) is 13.5 Å². The minimum Gasteiger partial charge on any atom is -0.400 e. The topological polar surface area (TPSA) is 125 Å². The molecule has 1 heterocycles. The van der Waals surface area contributed by atoms with Crippen molar-refractivity contribution in [3.63, 3.8) is 0 Å². The van der Waals surface area contributed by atoms with Gasteiger partial charge in [-0.2, -0.15) is 0 Å². The summed E-state index contributed by atoms with van der Waals surface area (Å²) < 4.78 is 0. The van der Waals surface area contributed by atoms with Gasteiger partial charge in [-0.1, -0.05) is 0 Å². The molecule has 0 aromatic rings. The maximum atomic E-state index is 11.7. The minimum absolute atomic E-state index is 0.563. The van der Waals surface area contributed by atoms with E-state index < -0.39 is 29.6 Å². The number of aldehydes is 1. The first kappa shape index (κ1) is 14.6. The van der Waals surface area contributed by atoms with E-state index in [9.17, 15) is 19.5 Å². The highest BCUT2D eigenvalue weighted by atomic mass is 16.7. The van der Waals surface area contributed by atoms with Gasteiger partial charge in [0.05, 0.1) is 5.54 Å². The van der Waals surface area contributed by atoms with Gasteiger partial charge in [0.2, 0.25) is 5.91 Å². The lowest BCUT2D eigenvalue weighted by Crippen LogP contribution is -2.57.